The number of hydrogen-bond acceptors (Lipinski definition) is 4. The SMILES string of the molecule is COc1cc(Br)c(Oc2cc(C)ncc2C(=O)O)cc1Br. The van der Waals surface area contributed by atoms with E-state index in [2.05, 4.69) is 36.8 Å². The number of aromatic nitrogens is 1. The first-order valence-corrected chi connectivity index (χ1v) is 7.41. The Hall–Kier alpha value is -1.60. The average molecular weight is 417 g/mol. The molecule has 5 nitrogen and oxygen atoms in total. The molecular weight excluding hydrogens is 406 g/mol. The van der Waals surface area contributed by atoms with E-state index in [1.807, 2.05) is 0 Å². The Morgan fingerprint density at radius 1 is 1.14 bits per heavy atom. The van der Waals surface area contributed by atoms with Crippen LogP contribution in [-0.2, 0) is 0 Å². The number of rotatable bonds is 4. The van der Waals surface area contributed by atoms with E-state index in [-0.39, 0.29) is 11.3 Å². The lowest BCUT2D eigenvalue weighted by Gasteiger charge is -2.12. The highest BCUT2D eigenvalue weighted by Crippen LogP contribution is 2.38. The van der Waals surface area contributed by atoms with E-state index in [0.717, 1.165) is 0 Å². The van der Waals surface area contributed by atoms with Gasteiger partial charge >= 0.3 is 5.97 Å². The lowest BCUT2D eigenvalue weighted by atomic mass is 10.2. The van der Waals surface area contributed by atoms with Gasteiger partial charge in [0.25, 0.3) is 0 Å². The fourth-order valence-corrected chi connectivity index (χ4v) is 2.53. The summed E-state index contributed by atoms with van der Waals surface area (Å²) in [5.74, 6) is 0.239. The van der Waals surface area contributed by atoms with E-state index >= 15 is 0 Å². The summed E-state index contributed by atoms with van der Waals surface area (Å²) in [6.07, 6.45) is 1.28. The van der Waals surface area contributed by atoms with Gasteiger partial charge in [-0.15, -0.1) is 0 Å². The zero-order valence-electron chi connectivity index (χ0n) is 11.2. The first-order chi connectivity index (χ1) is 9.92. The summed E-state index contributed by atoms with van der Waals surface area (Å²) < 4.78 is 12.2. The Morgan fingerprint density at radius 2 is 1.76 bits per heavy atom. The second-order valence-corrected chi connectivity index (χ2v) is 5.85. The molecule has 0 radical (unpaired) electrons. The van der Waals surface area contributed by atoms with Gasteiger partial charge in [-0.2, -0.15) is 0 Å². The number of pyridine rings is 1. The summed E-state index contributed by atoms with van der Waals surface area (Å²) in [6, 6.07) is 5.01. The van der Waals surface area contributed by atoms with Gasteiger partial charge in [0.15, 0.2) is 0 Å². The predicted octanol–water partition coefficient (Wildman–Crippen LogP) is 4.41. The highest BCUT2D eigenvalue weighted by atomic mass is 79.9. The van der Waals surface area contributed by atoms with Crippen molar-refractivity contribution in [3.05, 3.63) is 44.6 Å². The Bertz CT molecular complexity index is 704. The number of carboxylic acid groups (broad SMARTS) is 1. The van der Waals surface area contributed by atoms with Crippen LogP contribution in [0.15, 0.2) is 33.3 Å². The minimum Gasteiger partial charge on any atom is -0.496 e. The molecule has 2 aromatic rings. The first kappa shape index (κ1) is 15.8. The zero-order chi connectivity index (χ0) is 15.6. The number of halogens is 2. The van der Waals surface area contributed by atoms with Crippen LogP contribution >= 0.6 is 31.9 Å². The molecule has 0 atom stereocenters. The number of carbonyl (C=O) groups is 1. The van der Waals surface area contributed by atoms with Crippen molar-refractivity contribution in [2.24, 2.45) is 0 Å². The molecule has 0 saturated carbocycles. The molecule has 0 aliphatic carbocycles. The summed E-state index contributed by atoms with van der Waals surface area (Å²) in [5.41, 5.74) is 0.665. The third kappa shape index (κ3) is 3.54. The van der Waals surface area contributed by atoms with Crippen LogP contribution in [0.1, 0.15) is 16.1 Å². The minimum absolute atomic E-state index is 0.000518. The molecule has 0 spiro atoms. The topological polar surface area (TPSA) is 68.7 Å². The number of benzene rings is 1. The normalized spacial score (nSPS) is 10.3. The number of aryl methyl sites for hydroxylation is 1. The van der Waals surface area contributed by atoms with Gasteiger partial charge in [0.1, 0.15) is 22.8 Å². The number of hydrogen-bond donors (Lipinski definition) is 1. The van der Waals surface area contributed by atoms with Crippen molar-refractivity contribution in [3.8, 4) is 17.2 Å². The third-order valence-corrected chi connectivity index (χ3v) is 3.90. The van der Waals surface area contributed by atoms with E-state index in [0.29, 0.717) is 26.1 Å². The second kappa shape index (κ2) is 6.44. The summed E-state index contributed by atoms with van der Waals surface area (Å²) >= 11 is 6.73. The quantitative estimate of drug-likeness (QED) is 0.799. The van der Waals surface area contributed by atoms with Crippen LogP contribution in [-0.4, -0.2) is 23.2 Å². The largest absolute Gasteiger partial charge is 0.496 e. The number of nitrogens with zero attached hydrogens (tertiary/aromatic N) is 1. The maximum atomic E-state index is 11.2. The van der Waals surface area contributed by atoms with Crippen LogP contribution in [0.25, 0.3) is 0 Å². The third-order valence-electron chi connectivity index (χ3n) is 2.66. The van der Waals surface area contributed by atoms with E-state index in [1.165, 1.54) is 6.20 Å². The van der Waals surface area contributed by atoms with Gasteiger partial charge in [-0.1, -0.05) is 0 Å². The van der Waals surface area contributed by atoms with Crippen LogP contribution in [0.4, 0.5) is 0 Å². The van der Waals surface area contributed by atoms with Gasteiger partial charge in [-0.3, -0.25) is 4.98 Å². The molecule has 0 unspecified atom stereocenters. The fourth-order valence-electron chi connectivity index (χ4n) is 1.64. The molecule has 1 heterocycles. The minimum atomic E-state index is -1.10. The Labute approximate surface area is 138 Å². The summed E-state index contributed by atoms with van der Waals surface area (Å²) in [5, 5.41) is 9.18. The summed E-state index contributed by atoms with van der Waals surface area (Å²) in [6.45, 7) is 1.76. The van der Waals surface area contributed by atoms with Crippen molar-refractivity contribution >= 4 is 37.8 Å². The average Bonchev–Trinajstić information content (AvgIpc) is 2.42. The molecule has 1 aromatic heterocycles. The van der Waals surface area contributed by atoms with Crippen LogP contribution in [0.3, 0.4) is 0 Å². The molecule has 7 heteroatoms. The Kier molecular flexibility index (Phi) is 4.84. The van der Waals surface area contributed by atoms with Crippen molar-refractivity contribution in [1.29, 1.82) is 0 Å². The van der Waals surface area contributed by atoms with Crippen LogP contribution in [0.5, 0.6) is 17.2 Å². The molecule has 0 saturated heterocycles. The number of ether oxygens (including phenoxy) is 2. The van der Waals surface area contributed by atoms with E-state index in [1.54, 1.807) is 32.2 Å². The predicted molar refractivity (Wildman–Crippen MR) is 84.4 cm³/mol. The van der Waals surface area contributed by atoms with Gasteiger partial charge in [-0.25, -0.2) is 4.79 Å². The maximum absolute atomic E-state index is 11.2. The molecule has 110 valence electrons. The molecule has 0 amide bonds. The monoisotopic (exact) mass is 415 g/mol. The molecule has 2 rings (SSSR count). The smallest absolute Gasteiger partial charge is 0.341 e. The van der Waals surface area contributed by atoms with Gasteiger partial charge < -0.3 is 14.6 Å². The number of aromatic carboxylic acids is 1. The van der Waals surface area contributed by atoms with Crippen molar-refractivity contribution in [2.45, 2.75) is 6.92 Å². The van der Waals surface area contributed by atoms with Gasteiger partial charge in [-0.05, 0) is 50.9 Å². The van der Waals surface area contributed by atoms with Crippen molar-refractivity contribution in [2.75, 3.05) is 7.11 Å². The second-order valence-electron chi connectivity index (χ2n) is 4.15. The van der Waals surface area contributed by atoms with Crippen molar-refractivity contribution in [1.82, 2.24) is 4.98 Å². The lowest BCUT2D eigenvalue weighted by molar-refractivity contribution is 0.0693. The maximum Gasteiger partial charge on any atom is 0.341 e. The molecule has 1 N–H and O–H groups in total. The van der Waals surface area contributed by atoms with Crippen LogP contribution in [0, 0.1) is 6.92 Å². The highest BCUT2D eigenvalue weighted by Gasteiger charge is 2.15. The summed E-state index contributed by atoms with van der Waals surface area (Å²) in [4.78, 5) is 15.2. The van der Waals surface area contributed by atoms with E-state index in [9.17, 15) is 9.90 Å². The van der Waals surface area contributed by atoms with Gasteiger partial charge in [0.05, 0.1) is 16.1 Å². The van der Waals surface area contributed by atoms with Crippen molar-refractivity contribution in [3.63, 3.8) is 0 Å². The fraction of sp³-hybridized carbons (Fsp3) is 0.143. The standard InChI is InChI=1S/C14H11Br2NO4/c1-7-3-11(8(6-17-7)14(18)19)21-13-5-9(15)12(20-2)4-10(13)16/h3-6H,1-2H3,(H,18,19). The molecule has 0 fully saturated rings. The molecule has 0 bridgehead atoms. The molecule has 1 aromatic carbocycles. The number of methoxy groups -OCH3 is 1. The molecule has 0 aliphatic heterocycles. The molecule has 0 aliphatic rings. The Morgan fingerprint density at radius 3 is 2.38 bits per heavy atom. The first-order valence-electron chi connectivity index (χ1n) is 5.83. The molecular formula is C14H11Br2NO4. The lowest BCUT2D eigenvalue weighted by Crippen LogP contribution is -2.02. The molecule has 21 heavy (non-hydrogen) atoms. The Balaban J connectivity index is 2.45. The highest BCUT2D eigenvalue weighted by molar-refractivity contribution is 9.11. The van der Waals surface area contributed by atoms with Crippen LogP contribution in [0.2, 0.25) is 0 Å². The van der Waals surface area contributed by atoms with Crippen LogP contribution < -0.4 is 9.47 Å². The number of carboxylic acids is 1. The van der Waals surface area contributed by atoms with Gasteiger partial charge in [0, 0.05) is 18.0 Å². The van der Waals surface area contributed by atoms with E-state index in [4.69, 9.17) is 9.47 Å². The van der Waals surface area contributed by atoms with Crippen molar-refractivity contribution < 1.29 is 19.4 Å². The zero-order valence-corrected chi connectivity index (χ0v) is 14.4. The summed E-state index contributed by atoms with van der Waals surface area (Å²) in [7, 11) is 1.56. The van der Waals surface area contributed by atoms with Gasteiger partial charge in [0.2, 0.25) is 0 Å². The van der Waals surface area contributed by atoms with E-state index < -0.39 is 5.97 Å².